The highest BCUT2D eigenvalue weighted by molar-refractivity contribution is 7.25. The normalized spacial score (nSPS) is 13.3. The Kier molecular flexibility index (Phi) is 5.42. The van der Waals surface area contributed by atoms with Crippen LogP contribution in [0.4, 0.5) is 11.4 Å². The van der Waals surface area contributed by atoms with E-state index in [0.29, 0.717) is 0 Å². The molecule has 0 aliphatic heterocycles. The van der Waals surface area contributed by atoms with Gasteiger partial charge >= 0.3 is 0 Å². The van der Waals surface area contributed by atoms with Crippen LogP contribution in [0.3, 0.4) is 0 Å². The zero-order valence-corrected chi connectivity index (χ0v) is 23.9. The van der Waals surface area contributed by atoms with Gasteiger partial charge in [0.05, 0.1) is 0 Å². The van der Waals surface area contributed by atoms with E-state index in [2.05, 4.69) is 153 Å². The van der Waals surface area contributed by atoms with Gasteiger partial charge < -0.3 is 5.32 Å². The zero-order valence-electron chi connectivity index (χ0n) is 23.1. The van der Waals surface area contributed by atoms with Crippen molar-refractivity contribution < 1.29 is 0 Å². The Bertz CT molecular complexity index is 2100. The molecule has 1 aliphatic rings. The largest absolute Gasteiger partial charge is 0.355 e. The second-order valence-corrected chi connectivity index (χ2v) is 12.5. The lowest BCUT2D eigenvalue weighted by molar-refractivity contribution is 0.660. The van der Waals surface area contributed by atoms with Gasteiger partial charge in [0.25, 0.3) is 0 Å². The quantitative estimate of drug-likeness (QED) is 0.233. The highest BCUT2D eigenvalue weighted by Crippen LogP contribution is 2.50. The number of anilines is 2. The molecular formula is C39H29NS. The molecule has 1 aromatic heterocycles. The van der Waals surface area contributed by atoms with Crippen molar-refractivity contribution in [2.75, 3.05) is 5.32 Å². The maximum atomic E-state index is 3.88. The summed E-state index contributed by atoms with van der Waals surface area (Å²) in [7, 11) is 0. The Morgan fingerprint density at radius 1 is 0.512 bits per heavy atom. The van der Waals surface area contributed by atoms with Crippen LogP contribution in [0, 0.1) is 0 Å². The number of hydrogen-bond donors (Lipinski definition) is 1. The van der Waals surface area contributed by atoms with Crippen LogP contribution in [0.2, 0.25) is 0 Å². The minimum absolute atomic E-state index is 0.0421. The maximum absolute atomic E-state index is 3.88. The van der Waals surface area contributed by atoms with Crippen molar-refractivity contribution in [1.82, 2.24) is 0 Å². The molecule has 0 saturated carbocycles. The lowest BCUT2D eigenvalue weighted by atomic mass is 9.82. The second-order valence-electron chi connectivity index (χ2n) is 11.5. The molecule has 0 atom stereocenters. The molecule has 0 radical (unpaired) electrons. The van der Waals surface area contributed by atoms with E-state index in [4.69, 9.17) is 0 Å². The Hall–Kier alpha value is -4.66. The lowest BCUT2D eigenvalue weighted by Crippen LogP contribution is -2.15. The van der Waals surface area contributed by atoms with E-state index < -0.39 is 0 Å². The molecule has 0 amide bonds. The summed E-state index contributed by atoms with van der Waals surface area (Å²) in [5.74, 6) is 0. The Balaban J connectivity index is 1.31. The molecule has 1 N–H and O–H groups in total. The first kappa shape index (κ1) is 24.2. The molecule has 8 rings (SSSR count). The predicted molar refractivity (Wildman–Crippen MR) is 177 cm³/mol. The third-order valence-electron chi connectivity index (χ3n) is 8.68. The third-order valence-corrected chi connectivity index (χ3v) is 9.82. The summed E-state index contributed by atoms with van der Waals surface area (Å²) in [6.45, 7) is 4.68. The van der Waals surface area contributed by atoms with Crippen molar-refractivity contribution in [2.24, 2.45) is 0 Å². The van der Waals surface area contributed by atoms with Crippen LogP contribution < -0.4 is 5.32 Å². The molecule has 7 aromatic rings. The predicted octanol–water partition coefficient (Wildman–Crippen LogP) is 11.4. The smallest absolute Gasteiger partial charge is 0.0470 e. The van der Waals surface area contributed by atoms with Crippen molar-refractivity contribution in [3.05, 3.63) is 145 Å². The first-order valence-corrected chi connectivity index (χ1v) is 15.0. The first-order valence-electron chi connectivity index (χ1n) is 14.2. The van der Waals surface area contributed by atoms with Gasteiger partial charge in [0.15, 0.2) is 0 Å². The van der Waals surface area contributed by atoms with Gasteiger partial charge in [-0.1, -0.05) is 117 Å². The molecule has 1 nitrogen and oxygen atoms in total. The van der Waals surface area contributed by atoms with Gasteiger partial charge in [0.1, 0.15) is 0 Å². The fourth-order valence-electron chi connectivity index (χ4n) is 6.63. The molecule has 1 heterocycles. The van der Waals surface area contributed by atoms with Crippen molar-refractivity contribution in [1.29, 1.82) is 0 Å². The lowest BCUT2D eigenvalue weighted by Gasteiger charge is -2.22. The third kappa shape index (κ3) is 3.83. The summed E-state index contributed by atoms with van der Waals surface area (Å²) in [6.07, 6.45) is 0. The fourth-order valence-corrected chi connectivity index (χ4v) is 7.76. The fraction of sp³-hybridized carbons (Fsp3) is 0.0769. The Morgan fingerprint density at radius 2 is 1.22 bits per heavy atom. The van der Waals surface area contributed by atoms with Crippen LogP contribution in [-0.2, 0) is 5.41 Å². The Morgan fingerprint density at radius 3 is 2.12 bits per heavy atom. The summed E-state index contributed by atoms with van der Waals surface area (Å²) >= 11 is 1.87. The minimum atomic E-state index is -0.0421. The molecule has 0 bridgehead atoms. The molecule has 41 heavy (non-hydrogen) atoms. The van der Waals surface area contributed by atoms with Crippen LogP contribution in [0.15, 0.2) is 133 Å². The highest BCUT2D eigenvalue weighted by Gasteiger charge is 2.35. The molecule has 6 aromatic carbocycles. The van der Waals surface area contributed by atoms with Crippen LogP contribution in [0.5, 0.6) is 0 Å². The first-order chi connectivity index (χ1) is 20.1. The van der Waals surface area contributed by atoms with Crippen molar-refractivity contribution >= 4 is 42.9 Å². The van der Waals surface area contributed by atoms with E-state index in [9.17, 15) is 0 Å². The van der Waals surface area contributed by atoms with Crippen LogP contribution in [-0.4, -0.2) is 0 Å². The van der Waals surface area contributed by atoms with Gasteiger partial charge in [-0.2, -0.15) is 0 Å². The van der Waals surface area contributed by atoms with Gasteiger partial charge in [0, 0.05) is 42.5 Å². The van der Waals surface area contributed by atoms with Gasteiger partial charge in [0.2, 0.25) is 0 Å². The van der Waals surface area contributed by atoms with E-state index in [0.717, 1.165) is 11.4 Å². The molecular weight excluding hydrogens is 515 g/mol. The SMILES string of the molecule is CC1(C)c2ccccc2-c2ccc(Nc3cc(-c4ccccc4)ccc3-c3cccc4sc5ccccc5c34)cc21. The molecule has 0 unspecified atom stereocenters. The van der Waals surface area contributed by atoms with E-state index in [-0.39, 0.29) is 5.41 Å². The van der Waals surface area contributed by atoms with Gasteiger partial charge in [-0.25, -0.2) is 0 Å². The summed E-state index contributed by atoms with van der Waals surface area (Å²) < 4.78 is 2.64. The molecule has 0 spiro atoms. The summed E-state index contributed by atoms with van der Waals surface area (Å²) in [4.78, 5) is 0. The standard InChI is InChI=1S/C39H29NS/c1-39(2)33-16-8-6-13-28(33)29-22-20-27(24-34(29)39)40-35-23-26(25-11-4-3-5-12-25)19-21-30(35)31-15-10-18-37-38(31)32-14-7-9-17-36(32)41-37/h3-24,40H,1-2H3. The number of nitrogens with one attached hydrogen (secondary N) is 1. The summed E-state index contributed by atoms with van der Waals surface area (Å²) in [5.41, 5.74) is 12.5. The van der Waals surface area contributed by atoms with Crippen LogP contribution >= 0.6 is 11.3 Å². The minimum Gasteiger partial charge on any atom is -0.355 e. The van der Waals surface area contributed by atoms with Gasteiger partial charge in [-0.3, -0.25) is 0 Å². The highest BCUT2D eigenvalue weighted by atomic mass is 32.1. The van der Waals surface area contributed by atoms with Crippen molar-refractivity contribution in [2.45, 2.75) is 19.3 Å². The van der Waals surface area contributed by atoms with Gasteiger partial charge in [-0.05, 0) is 69.3 Å². The topological polar surface area (TPSA) is 12.0 Å². The van der Waals surface area contributed by atoms with E-state index >= 15 is 0 Å². The average molecular weight is 544 g/mol. The Labute approximate surface area is 244 Å². The summed E-state index contributed by atoms with van der Waals surface area (Å²) in [5, 5.41) is 6.53. The average Bonchev–Trinajstić information content (AvgIpc) is 3.50. The van der Waals surface area contributed by atoms with Gasteiger partial charge in [-0.15, -0.1) is 11.3 Å². The number of benzene rings is 6. The monoisotopic (exact) mass is 543 g/mol. The maximum Gasteiger partial charge on any atom is 0.0470 e. The number of hydrogen-bond acceptors (Lipinski definition) is 2. The molecule has 1 aliphatic carbocycles. The van der Waals surface area contributed by atoms with Crippen molar-refractivity contribution in [3.63, 3.8) is 0 Å². The molecule has 2 heteroatoms. The van der Waals surface area contributed by atoms with Crippen LogP contribution in [0.1, 0.15) is 25.0 Å². The van der Waals surface area contributed by atoms with Crippen molar-refractivity contribution in [3.8, 4) is 33.4 Å². The van der Waals surface area contributed by atoms with Crippen LogP contribution in [0.25, 0.3) is 53.6 Å². The van der Waals surface area contributed by atoms with E-state index in [1.807, 2.05) is 11.3 Å². The number of thiophene rings is 1. The molecule has 0 saturated heterocycles. The molecule has 0 fully saturated rings. The number of rotatable bonds is 4. The summed E-state index contributed by atoms with van der Waals surface area (Å²) in [6, 6.07) is 48.7. The number of fused-ring (bicyclic) bond motifs is 6. The zero-order chi connectivity index (χ0) is 27.6. The van der Waals surface area contributed by atoms with E-state index in [1.165, 1.54) is 64.7 Å². The molecule has 196 valence electrons. The van der Waals surface area contributed by atoms with E-state index in [1.54, 1.807) is 0 Å². The second kappa shape index (κ2) is 9.19.